The molecular formula is C22H34N6. The Kier molecular flexibility index (Phi) is 7.34. The number of nitrogens with one attached hydrogen (secondary N) is 1. The minimum absolute atomic E-state index is 0.632. The molecular weight excluding hydrogens is 348 g/mol. The summed E-state index contributed by atoms with van der Waals surface area (Å²) in [6.07, 6.45) is 9.27. The van der Waals surface area contributed by atoms with Crippen LogP contribution in [0.4, 0.5) is 5.82 Å². The van der Waals surface area contributed by atoms with Gasteiger partial charge in [0.25, 0.3) is 0 Å². The highest BCUT2D eigenvalue weighted by atomic mass is 15.3. The number of hydrogen-bond donors (Lipinski definition) is 1. The molecule has 152 valence electrons. The topological polar surface area (TPSA) is 48.7 Å². The minimum atomic E-state index is 0.632. The van der Waals surface area contributed by atoms with Crippen molar-refractivity contribution in [3.05, 3.63) is 47.9 Å². The summed E-state index contributed by atoms with van der Waals surface area (Å²) in [6.45, 7) is 6.65. The van der Waals surface area contributed by atoms with Crippen LogP contribution in [0.25, 0.3) is 0 Å². The van der Waals surface area contributed by atoms with Crippen LogP contribution in [-0.4, -0.2) is 47.1 Å². The molecule has 6 heteroatoms. The first-order chi connectivity index (χ1) is 13.7. The Morgan fingerprint density at radius 2 is 1.96 bits per heavy atom. The molecule has 28 heavy (non-hydrogen) atoms. The Bertz CT molecular complexity index is 741. The summed E-state index contributed by atoms with van der Waals surface area (Å²) >= 11 is 0. The molecule has 6 nitrogen and oxygen atoms in total. The number of aryl methyl sites for hydroxylation is 1. The zero-order valence-corrected chi connectivity index (χ0v) is 17.6. The van der Waals surface area contributed by atoms with Crippen molar-refractivity contribution in [2.75, 3.05) is 31.6 Å². The van der Waals surface area contributed by atoms with E-state index in [9.17, 15) is 0 Å². The number of aliphatic imine (C=N–C) groups is 1. The lowest BCUT2D eigenvalue weighted by molar-refractivity contribution is 0.462. The maximum absolute atomic E-state index is 4.82. The van der Waals surface area contributed by atoms with Gasteiger partial charge in [0, 0.05) is 51.8 Å². The van der Waals surface area contributed by atoms with Gasteiger partial charge in [-0.05, 0) is 43.5 Å². The third-order valence-corrected chi connectivity index (χ3v) is 5.30. The van der Waals surface area contributed by atoms with Crippen LogP contribution in [0.1, 0.15) is 43.9 Å². The number of guanidine groups is 1. The predicted molar refractivity (Wildman–Crippen MR) is 117 cm³/mol. The molecule has 0 aliphatic carbocycles. The van der Waals surface area contributed by atoms with E-state index < -0.39 is 0 Å². The highest BCUT2D eigenvalue weighted by molar-refractivity contribution is 5.79. The molecule has 1 N–H and O–H groups in total. The Balaban J connectivity index is 1.62. The van der Waals surface area contributed by atoms with Crippen molar-refractivity contribution >= 4 is 11.8 Å². The van der Waals surface area contributed by atoms with Gasteiger partial charge in [0.15, 0.2) is 5.96 Å². The Morgan fingerprint density at radius 1 is 1.18 bits per heavy atom. The molecule has 0 atom stereocenters. The summed E-state index contributed by atoms with van der Waals surface area (Å²) < 4.78 is 2.14. The number of nitrogens with zero attached hydrogens (tertiary/aromatic N) is 5. The molecule has 1 aliphatic rings. The van der Waals surface area contributed by atoms with Gasteiger partial charge in [0.2, 0.25) is 0 Å². The van der Waals surface area contributed by atoms with Gasteiger partial charge in [-0.1, -0.05) is 18.9 Å². The second-order valence-electron chi connectivity index (χ2n) is 7.56. The predicted octanol–water partition coefficient (Wildman–Crippen LogP) is 3.40. The molecule has 0 amide bonds. The fourth-order valence-corrected chi connectivity index (χ4v) is 3.61. The third kappa shape index (κ3) is 5.50. The van der Waals surface area contributed by atoms with E-state index in [0.717, 1.165) is 43.5 Å². The molecule has 2 aromatic rings. The van der Waals surface area contributed by atoms with Gasteiger partial charge in [-0.3, -0.25) is 0 Å². The van der Waals surface area contributed by atoms with Gasteiger partial charge in [-0.25, -0.2) is 9.98 Å². The maximum Gasteiger partial charge on any atom is 0.194 e. The summed E-state index contributed by atoms with van der Waals surface area (Å²) in [5.74, 6) is 2.02. The van der Waals surface area contributed by atoms with Crippen molar-refractivity contribution in [1.29, 1.82) is 0 Å². The normalized spacial score (nSPS) is 15.4. The Morgan fingerprint density at radius 3 is 2.57 bits per heavy atom. The average molecular weight is 383 g/mol. The summed E-state index contributed by atoms with van der Waals surface area (Å²) in [6, 6.07) is 8.53. The van der Waals surface area contributed by atoms with Crippen molar-refractivity contribution in [2.24, 2.45) is 12.0 Å². The summed E-state index contributed by atoms with van der Waals surface area (Å²) in [7, 11) is 4.15. The van der Waals surface area contributed by atoms with Crippen molar-refractivity contribution in [2.45, 2.75) is 45.7 Å². The van der Waals surface area contributed by atoms with E-state index in [0.29, 0.717) is 6.54 Å². The lowest BCUT2D eigenvalue weighted by Gasteiger charge is -2.22. The first-order valence-corrected chi connectivity index (χ1v) is 10.5. The van der Waals surface area contributed by atoms with E-state index in [2.05, 4.69) is 71.2 Å². The van der Waals surface area contributed by atoms with Crippen LogP contribution < -0.4 is 10.2 Å². The number of hydrogen-bond acceptors (Lipinski definition) is 3. The van der Waals surface area contributed by atoms with Gasteiger partial charge in [0.1, 0.15) is 5.82 Å². The molecule has 0 bridgehead atoms. The first kappa shape index (κ1) is 20.2. The lowest BCUT2D eigenvalue weighted by Crippen LogP contribution is -2.38. The molecule has 1 saturated heterocycles. The number of rotatable bonds is 6. The summed E-state index contributed by atoms with van der Waals surface area (Å²) in [5, 5.41) is 3.39. The van der Waals surface area contributed by atoms with E-state index in [-0.39, 0.29) is 0 Å². The van der Waals surface area contributed by atoms with Crippen LogP contribution in [0.2, 0.25) is 0 Å². The Hall–Kier alpha value is -2.50. The second kappa shape index (κ2) is 10.2. The van der Waals surface area contributed by atoms with Gasteiger partial charge in [-0.15, -0.1) is 0 Å². The highest BCUT2D eigenvalue weighted by Crippen LogP contribution is 2.17. The van der Waals surface area contributed by atoms with Gasteiger partial charge < -0.3 is 19.7 Å². The molecule has 1 fully saturated rings. The van der Waals surface area contributed by atoms with Crippen molar-refractivity contribution in [1.82, 2.24) is 19.8 Å². The largest absolute Gasteiger partial charge is 0.357 e. The van der Waals surface area contributed by atoms with Gasteiger partial charge >= 0.3 is 0 Å². The second-order valence-corrected chi connectivity index (χ2v) is 7.56. The zero-order valence-electron chi connectivity index (χ0n) is 17.6. The van der Waals surface area contributed by atoms with E-state index in [1.807, 2.05) is 6.20 Å². The molecule has 0 radical (unpaired) electrons. The van der Waals surface area contributed by atoms with Crippen LogP contribution in [0.5, 0.6) is 0 Å². The third-order valence-electron chi connectivity index (χ3n) is 5.30. The van der Waals surface area contributed by atoms with Crippen LogP contribution in [0.3, 0.4) is 0 Å². The van der Waals surface area contributed by atoms with E-state index in [1.54, 1.807) is 0 Å². The summed E-state index contributed by atoms with van der Waals surface area (Å²) in [5.41, 5.74) is 2.40. The van der Waals surface area contributed by atoms with Crippen LogP contribution >= 0.6 is 0 Å². The highest BCUT2D eigenvalue weighted by Gasteiger charge is 2.11. The van der Waals surface area contributed by atoms with Crippen molar-refractivity contribution in [3.63, 3.8) is 0 Å². The smallest absolute Gasteiger partial charge is 0.194 e. The molecule has 0 unspecified atom stereocenters. The molecule has 0 saturated carbocycles. The van der Waals surface area contributed by atoms with E-state index in [4.69, 9.17) is 9.98 Å². The maximum atomic E-state index is 4.82. The lowest BCUT2D eigenvalue weighted by atomic mass is 10.2. The Labute approximate surface area is 169 Å². The monoisotopic (exact) mass is 382 g/mol. The van der Waals surface area contributed by atoms with Crippen molar-refractivity contribution in [3.8, 4) is 0 Å². The molecule has 2 aromatic heterocycles. The quantitative estimate of drug-likeness (QED) is 0.614. The molecule has 0 aromatic carbocycles. The van der Waals surface area contributed by atoms with Crippen molar-refractivity contribution < 1.29 is 0 Å². The van der Waals surface area contributed by atoms with E-state index in [1.165, 1.54) is 31.4 Å². The fourth-order valence-electron chi connectivity index (χ4n) is 3.61. The molecule has 3 rings (SSSR count). The summed E-state index contributed by atoms with van der Waals surface area (Å²) in [4.78, 5) is 14.1. The van der Waals surface area contributed by atoms with E-state index >= 15 is 0 Å². The standard InChI is InChI=1S/C22H34N6/c1-4-23-22(27(3)18-20-10-9-13-26(20)2)25-17-19-11-12-21(24-16-19)28-14-7-5-6-8-15-28/h9-13,16H,4-8,14-15,17-18H2,1-3H3,(H,23,25). The minimum Gasteiger partial charge on any atom is -0.357 e. The SMILES string of the molecule is CCNC(=NCc1ccc(N2CCCCCC2)nc1)N(C)Cc1cccn1C. The first-order valence-electron chi connectivity index (χ1n) is 10.5. The fraction of sp³-hybridized carbons (Fsp3) is 0.545. The van der Waals surface area contributed by atoms with Crippen LogP contribution in [0.15, 0.2) is 41.7 Å². The number of pyridine rings is 1. The van der Waals surface area contributed by atoms with Gasteiger partial charge in [0.05, 0.1) is 13.1 Å². The number of aromatic nitrogens is 2. The molecule has 1 aliphatic heterocycles. The number of anilines is 1. The molecule has 0 spiro atoms. The van der Waals surface area contributed by atoms with Crippen LogP contribution in [-0.2, 0) is 20.1 Å². The van der Waals surface area contributed by atoms with Crippen LogP contribution in [0, 0.1) is 0 Å². The van der Waals surface area contributed by atoms with Gasteiger partial charge in [-0.2, -0.15) is 0 Å². The zero-order chi connectivity index (χ0) is 19.8. The average Bonchev–Trinajstić information content (AvgIpc) is 2.95. The molecule has 3 heterocycles.